The van der Waals surface area contributed by atoms with Gasteiger partial charge in [0.1, 0.15) is 0 Å². The largest absolute Gasteiger partial charge is 0.395 e. The minimum Gasteiger partial charge on any atom is -0.395 e. The molecular weight excluding hydrogens is 216 g/mol. The monoisotopic (exact) mass is 242 g/mol. The summed E-state index contributed by atoms with van der Waals surface area (Å²) in [4.78, 5) is 16.2. The van der Waals surface area contributed by atoms with E-state index in [4.69, 9.17) is 5.11 Å². The lowest BCUT2D eigenvalue weighted by molar-refractivity contribution is -0.132. The Hall–Kier alpha value is -0.610. The van der Waals surface area contributed by atoms with Gasteiger partial charge in [0.05, 0.1) is 13.2 Å². The molecule has 0 bridgehead atoms. The number of carbonyl (C=O) groups is 1. The molecule has 1 amide bonds. The number of carbonyl (C=O) groups excluding carboxylic acids is 1. The number of likely N-dealkylation sites (tertiary alicyclic amines) is 1. The molecule has 1 aliphatic rings. The number of amides is 1. The highest BCUT2D eigenvalue weighted by atomic mass is 16.3. The smallest absolute Gasteiger partial charge is 0.236 e. The third-order valence-electron chi connectivity index (χ3n) is 3.27. The van der Waals surface area contributed by atoms with Gasteiger partial charge in [-0.2, -0.15) is 0 Å². The minimum atomic E-state index is 0.132. The Labute approximate surface area is 105 Å². The SMILES string of the molecule is CCCN(CCO)CC(=O)N1CCCCCC1. The molecule has 1 heterocycles. The van der Waals surface area contributed by atoms with Crippen LogP contribution in [-0.2, 0) is 4.79 Å². The van der Waals surface area contributed by atoms with Crippen molar-refractivity contribution < 1.29 is 9.90 Å². The van der Waals surface area contributed by atoms with Crippen LogP contribution in [-0.4, -0.2) is 60.1 Å². The second-order valence-electron chi connectivity index (χ2n) is 4.79. The van der Waals surface area contributed by atoms with Crippen LogP contribution in [0.15, 0.2) is 0 Å². The zero-order valence-electron chi connectivity index (χ0n) is 11.0. The first-order chi connectivity index (χ1) is 8.27. The first-order valence-corrected chi connectivity index (χ1v) is 6.89. The normalized spacial score (nSPS) is 17.2. The van der Waals surface area contributed by atoms with Crippen LogP contribution in [0.4, 0.5) is 0 Å². The molecule has 0 spiro atoms. The summed E-state index contributed by atoms with van der Waals surface area (Å²) < 4.78 is 0. The first kappa shape index (κ1) is 14.5. The van der Waals surface area contributed by atoms with Crippen LogP contribution in [0.2, 0.25) is 0 Å². The quantitative estimate of drug-likeness (QED) is 0.758. The standard InChI is InChI=1S/C13H26N2O2/c1-2-7-14(10-11-16)12-13(17)15-8-5-3-4-6-9-15/h16H,2-12H2,1H3. The second kappa shape index (κ2) is 8.48. The van der Waals surface area contributed by atoms with E-state index in [0.29, 0.717) is 13.1 Å². The molecule has 4 heteroatoms. The van der Waals surface area contributed by atoms with Crippen LogP contribution in [0.3, 0.4) is 0 Å². The van der Waals surface area contributed by atoms with E-state index in [1.54, 1.807) is 0 Å². The van der Waals surface area contributed by atoms with E-state index in [1.807, 2.05) is 9.80 Å². The van der Waals surface area contributed by atoms with Gasteiger partial charge in [-0.25, -0.2) is 0 Å². The van der Waals surface area contributed by atoms with Gasteiger partial charge in [-0.1, -0.05) is 19.8 Å². The van der Waals surface area contributed by atoms with Gasteiger partial charge in [0, 0.05) is 19.6 Å². The molecule has 0 radical (unpaired) electrons. The lowest BCUT2D eigenvalue weighted by Gasteiger charge is -2.25. The number of nitrogens with zero attached hydrogens (tertiary/aromatic N) is 2. The van der Waals surface area contributed by atoms with E-state index in [0.717, 1.165) is 38.9 Å². The number of rotatable bonds is 6. The maximum atomic E-state index is 12.1. The van der Waals surface area contributed by atoms with Crippen molar-refractivity contribution in [2.75, 3.05) is 39.3 Å². The molecule has 17 heavy (non-hydrogen) atoms. The van der Waals surface area contributed by atoms with Gasteiger partial charge >= 0.3 is 0 Å². The van der Waals surface area contributed by atoms with E-state index < -0.39 is 0 Å². The third kappa shape index (κ3) is 5.50. The zero-order chi connectivity index (χ0) is 12.5. The fourth-order valence-electron chi connectivity index (χ4n) is 2.34. The van der Waals surface area contributed by atoms with Crippen molar-refractivity contribution in [2.24, 2.45) is 0 Å². The average Bonchev–Trinajstić information content (AvgIpc) is 2.58. The molecule has 1 rings (SSSR count). The molecule has 0 aromatic heterocycles. The van der Waals surface area contributed by atoms with E-state index in [9.17, 15) is 4.79 Å². The maximum absolute atomic E-state index is 12.1. The summed E-state index contributed by atoms with van der Waals surface area (Å²) in [6.45, 7) is 6.02. The van der Waals surface area contributed by atoms with Crippen molar-refractivity contribution in [3.05, 3.63) is 0 Å². The van der Waals surface area contributed by atoms with Gasteiger partial charge < -0.3 is 10.0 Å². The Morgan fingerprint density at radius 3 is 2.35 bits per heavy atom. The molecule has 0 atom stereocenters. The molecule has 100 valence electrons. The van der Waals surface area contributed by atoms with Crippen LogP contribution < -0.4 is 0 Å². The first-order valence-electron chi connectivity index (χ1n) is 6.89. The Balaban J connectivity index is 2.38. The zero-order valence-corrected chi connectivity index (χ0v) is 11.0. The highest BCUT2D eigenvalue weighted by Crippen LogP contribution is 2.10. The van der Waals surface area contributed by atoms with Crippen LogP contribution in [0, 0.1) is 0 Å². The van der Waals surface area contributed by atoms with Crippen molar-refractivity contribution in [2.45, 2.75) is 39.0 Å². The average molecular weight is 242 g/mol. The highest BCUT2D eigenvalue weighted by Gasteiger charge is 2.17. The van der Waals surface area contributed by atoms with Gasteiger partial charge in [0.15, 0.2) is 0 Å². The molecule has 0 aliphatic carbocycles. The van der Waals surface area contributed by atoms with Crippen LogP contribution in [0.5, 0.6) is 0 Å². The summed E-state index contributed by atoms with van der Waals surface area (Å²) in [6.07, 6.45) is 5.80. The molecule has 0 saturated carbocycles. The van der Waals surface area contributed by atoms with E-state index in [1.165, 1.54) is 12.8 Å². The van der Waals surface area contributed by atoms with Crippen molar-refractivity contribution >= 4 is 5.91 Å². The van der Waals surface area contributed by atoms with Gasteiger partial charge in [0.25, 0.3) is 0 Å². The topological polar surface area (TPSA) is 43.8 Å². The molecule has 1 aliphatic heterocycles. The van der Waals surface area contributed by atoms with Crippen LogP contribution in [0.1, 0.15) is 39.0 Å². The summed E-state index contributed by atoms with van der Waals surface area (Å²) in [5.41, 5.74) is 0. The Kier molecular flexibility index (Phi) is 7.21. The summed E-state index contributed by atoms with van der Waals surface area (Å²) in [5.74, 6) is 0.230. The molecule has 0 aromatic rings. The van der Waals surface area contributed by atoms with Gasteiger partial charge in [-0.15, -0.1) is 0 Å². The lowest BCUT2D eigenvalue weighted by Crippen LogP contribution is -2.42. The fourth-order valence-corrected chi connectivity index (χ4v) is 2.34. The number of hydrogen-bond acceptors (Lipinski definition) is 3. The molecule has 0 unspecified atom stereocenters. The number of aliphatic hydroxyl groups excluding tert-OH is 1. The summed E-state index contributed by atoms with van der Waals surface area (Å²) in [6, 6.07) is 0. The fraction of sp³-hybridized carbons (Fsp3) is 0.923. The molecule has 0 aromatic carbocycles. The number of hydrogen-bond donors (Lipinski definition) is 1. The maximum Gasteiger partial charge on any atom is 0.236 e. The second-order valence-corrected chi connectivity index (χ2v) is 4.79. The molecule has 1 saturated heterocycles. The van der Waals surface area contributed by atoms with Crippen molar-refractivity contribution in [1.82, 2.24) is 9.80 Å². The van der Waals surface area contributed by atoms with Gasteiger partial charge in [-0.05, 0) is 25.8 Å². The van der Waals surface area contributed by atoms with E-state index >= 15 is 0 Å². The number of aliphatic hydroxyl groups is 1. The summed E-state index contributed by atoms with van der Waals surface area (Å²) in [5, 5.41) is 8.96. The minimum absolute atomic E-state index is 0.132. The third-order valence-corrected chi connectivity index (χ3v) is 3.27. The molecule has 1 N–H and O–H groups in total. The van der Waals surface area contributed by atoms with Crippen LogP contribution >= 0.6 is 0 Å². The van der Waals surface area contributed by atoms with Crippen molar-refractivity contribution in [3.63, 3.8) is 0 Å². The predicted octanol–water partition coefficient (Wildman–Crippen LogP) is 1.09. The molecular formula is C13H26N2O2. The van der Waals surface area contributed by atoms with Crippen LogP contribution in [0.25, 0.3) is 0 Å². The van der Waals surface area contributed by atoms with E-state index in [2.05, 4.69) is 6.92 Å². The Morgan fingerprint density at radius 2 is 1.82 bits per heavy atom. The predicted molar refractivity (Wildman–Crippen MR) is 68.9 cm³/mol. The highest BCUT2D eigenvalue weighted by molar-refractivity contribution is 5.78. The van der Waals surface area contributed by atoms with Gasteiger partial charge in [0.2, 0.25) is 5.91 Å². The summed E-state index contributed by atoms with van der Waals surface area (Å²) >= 11 is 0. The van der Waals surface area contributed by atoms with E-state index in [-0.39, 0.29) is 12.5 Å². The summed E-state index contributed by atoms with van der Waals surface area (Å²) in [7, 11) is 0. The molecule has 1 fully saturated rings. The van der Waals surface area contributed by atoms with Crippen molar-refractivity contribution in [1.29, 1.82) is 0 Å². The lowest BCUT2D eigenvalue weighted by atomic mass is 10.2. The Morgan fingerprint density at radius 1 is 1.18 bits per heavy atom. The Bertz CT molecular complexity index is 207. The van der Waals surface area contributed by atoms with Crippen molar-refractivity contribution in [3.8, 4) is 0 Å². The molecule has 4 nitrogen and oxygen atoms in total. The van der Waals surface area contributed by atoms with Gasteiger partial charge in [-0.3, -0.25) is 9.69 Å².